The summed E-state index contributed by atoms with van der Waals surface area (Å²) in [5, 5.41) is 20.2. The quantitative estimate of drug-likeness (QED) is 0.665. The van der Waals surface area contributed by atoms with Crippen molar-refractivity contribution in [3.05, 3.63) is 33.9 Å². The predicted molar refractivity (Wildman–Crippen MR) is 79.3 cm³/mol. The third kappa shape index (κ3) is 3.71. The van der Waals surface area contributed by atoms with Crippen molar-refractivity contribution >= 4 is 5.69 Å². The number of piperidine rings is 1. The van der Waals surface area contributed by atoms with E-state index in [1.165, 1.54) is 13.2 Å². The van der Waals surface area contributed by atoms with Crippen LogP contribution in [0.15, 0.2) is 18.2 Å². The van der Waals surface area contributed by atoms with Crippen molar-refractivity contribution in [3.8, 4) is 5.75 Å². The lowest BCUT2D eigenvalue weighted by atomic mass is 9.93. The molecule has 6 heteroatoms. The highest BCUT2D eigenvalue weighted by atomic mass is 16.6. The van der Waals surface area contributed by atoms with E-state index in [9.17, 15) is 15.2 Å². The van der Waals surface area contributed by atoms with Crippen LogP contribution in [0.3, 0.4) is 0 Å². The monoisotopic (exact) mass is 294 g/mol. The van der Waals surface area contributed by atoms with E-state index in [0.29, 0.717) is 24.3 Å². The minimum atomic E-state index is -0.437. The van der Waals surface area contributed by atoms with Gasteiger partial charge in [0.05, 0.1) is 12.0 Å². The number of hydrogen-bond acceptors (Lipinski definition) is 5. The molecule has 1 heterocycles. The van der Waals surface area contributed by atoms with Gasteiger partial charge in [-0.05, 0) is 37.3 Å². The van der Waals surface area contributed by atoms with Crippen LogP contribution in [0.25, 0.3) is 0 Å². The second-order valence-corrected chi connectivity index (χ2v) is 5.67. The smallest absolute Gasteiger partial charge is 0.310 e. The minimum absolute atomic E-state index is 0.0128. The Kier molecular flexibility index (Phi) is 5.14. The van der Waals surface area contributed by atoms with Crippen LogP contribution in [0.4, 0.5) is 5.69 Å². The topological polar surface area (TPSA) is 75.8 Å². The largest absolute Gasteiger partial charge is 0.490 e. The lowest BCUT2D eigenvalue weighted by molar-refractivity contribution is -0.385. The first-order chi connectivity index (χ1) is 10.0. The van der Waals surface area contributed by atoms with Gasteiger partial charge in [0.25, 0.3) is 0 Å². The van der Waals surface area contributed by atoms with Crippen LogP contribution in [-0.4, -0.2) is 41.2 Å². The molecule has 21 heavy (non-hydrogen) atoms. The van der Waals surface area contributed by atoms with Gasteiger partial charge in [0.2, 0.25) is 0 Å². The summed E-state index contributed by atoms with van der Waals surface area (Å²) in [5.74, 6) is 0.613. The number of likely N-dealkylation sites (tertiary alicyclic amines) is 1. The summed E-state index contributed by atoms with van der Waals surface area (Å²) in [5.41, 5.74) is 0.976. The maximum Gasteiger partial charge on any atom is 0.310 e. The van der Waals surface area contributed by atoms with Gasteiger partial charge >= 0.3 is 5.69 Å². The number of aliphatic hydroxyl groups is 1. The normalized spacial score (nSPS) is 23.0. The first kappa shape index (κ1) is 15.7. The number of nitro groups is 1. The highest BCUT2D eigenvalue weighted by Crippen LogP contribution is 2.29. The maximum absolute atomic E-state index is 10.9. The molecule has 6 nitrogen and oxygen atoms in total. The van der Waals surface area contributed by atoms with Crippen LogP contribution in [0.2, 0.25) is 0 Å². The molecule has 2 atom stereocenters. The summed E-state index contributed by atoms with van der Waals surface area (Å²) < 4.78 is 5.11. The van der Waals surface area contributed by atoms with Crippen LogP contribution in [0.1, 0.15) is 25.3 Å². The molecule has 1 fully saturated rings. The Morgan fingerprint density at radius 3 is 2.86 bits per heavy atom. The summed E-state index contributed by atoms with van der Waals surface area (Å²) in [6.07, 6.45) is 2.12. The zero-order chi connectivity index (χ0) is 15.4. The Hall–Kier alpha value is -1.66. The maximum atomic E-state index is 10.9. The van der Waals surface area contributed by atoms with Gasteiger partial charge in [-0.3, -0.25) is 15.0 Å². The number of ether oxygens (including phenoxy) is 1. The lowest BCUT2D eigenvalue weighted by Gasteiger charge is -2.37. The third-order valence-electron chi connectivity index (χ3n) is 4.19. The van der Waals surface area contributed by atoms with Gasteiger partial charge in [0, 0.05) is 31.8 Å². The zero-order valence-corrected chi connectivity index (χ0v) is 12.5. The average molecular weight is 294 g/mol. The van der Waals surface area contributed by atoms with Crippen molar-refractivity contribution in [2.75, 3.05) is 20.3 Å². The standard InChI is InChI=1S/C15H22N2O4/c1-11-3-4-13(10-18)9-16(11)8-12-5-6-14(17(19)20)15(7-12)21-2/h5-7,11,13,18H,3-4,8-10H2,1-2H3. The fraction of sp³-hybridized carbons (Fsp3) is 0.600. The third-order valence-corrected chi connectivity index (χ3v) is 4.19. The number of nitrogens with zero attached hydrogens (tertiary/aromatic N) is 2. The molecular formula is C15H22N2O4. The number of aliphatic hydroxyl groups excluding tert-OH is 1. The fourth-order valence-electron chi connectivity index (χ4n) is 2.84. The van der Waals surface area contributed by atoms with E-state index in [4.69, 9.17) is 4.74 Å². The second kappa shape index (κ2) is 6.87. The van der Waals surface area contributed by atoms with E-state index in [1.54, 1.807) is 12.1 Å². The average Bonchev–Trinajstić information content (AvgIpc) is 2.49. The highest BCUT2D eigenvalue weighted by molar-refractivity contribution is 5.48. The summed E-state index contributed by atoms with van der Waals surface area (Å²) in [6.45, 7) is 3.96. The molecule has 1 aliphatic heterocycles. The Bertz CT molecular complexity index is 506. The van der Waals surface area contributed by atoms with E-state index in [0.717, 1.165) is 24.9 Å². The lowest BCUT2D eigenvalue weighted by Crippen LogP contribution is -2.42. The Morgan fingerprint density at radius 2 is 2.24 bits per heavy atom. The van der Waals surface area contributed by atoms with Gasteiger partial charge in [-0.25, -0.2) is 0 Å². The van der Waals surface area contributed by atoms with E-state index < -0.39 is 4.92 Å². The Morgan fingerprint density at radius 1 is 1.48 bits per heavy atom. The van der Waals surface area contributed by atoms with Crippen LogP contribution in [0.5, 0.6) is 5.75 Å². The predicted octanol–water partition coefficient (Wildman–Crippen LogP) is 2.20. The van der Waals surface area contributed by atoms with Crippen LogP contribution >= 0.6 is 0 Å². The highest BCUT2D eigenvalue weighted by Gasteiger charge is 2.25. The number of benzene rings is 1. The summed E-state index contributed by atoms with van der Waals surface area (Å²) in [7, 11) is 1.44. The number of hydrogen-bond donors (Lipinski definition) is 1. The Balaban J connectivity index is 2.13. The zero-order valence-electron chi connectivity index (χ0n) is 12.5. The molecule has 1 aromatic rings. The molecule has 2 unspecified atom stereocenters. The van der Waals surface area contributed by atoms with Crippen molar-refractivity contribution in [1.82, 2.24) is 4.90 Å². The molecule has 1 saturated heterocycles. The van der Waals surface area contributed by atoms with Crippen LogP contribution in [-0.2, 0) is 6.54 Å². The molecule has 2 rings (SSSR count). The van der Waals surface area contributed by atoms with Gasteiger partial charge in [0.15, 0.2) is 5.75 Å². The molecule has 0 bridgehead atoms. The summed E-state index contributed by atoms with van der Waals surface area (Å²) >= 11 is 0. The van der Waals surface area contributed by atoms with Gasteiger partial charge in [-0.15, -0.1) is 0 Å². The first-order valence-corrected chi connectivity index (χ1v) is 7.21. The number of rotatable bonds is 5. The van der Waals surface area contributed by atoms with Crippen LogP contribution < -0.4 is 4.74 Å². The summed E-state index contributed by atoms with van der Waals surface area (Å²) in [4.78, 5) is 12.8. The molecule has 0 saturated carbocycles. The van der Waals surface area contributed by atoms with Crippen molar-refractivity contribution in [2.24, 2.45) is 5.92 Å². The van der Waals surface area contributed by atoms with Crippen molar-refractivity contribution in [1.29, 1.82) is 0 Å². The number of nitro benzene ring substituents is 1. The van der Waals surface area contributed by atoms with Gasteiger partial charge in [-0.1, -0.05) is 6.07 Å². The molecule has 1 N–H and O–H groups in total. The molecule has 1 aromatic carbocycles. The first-order valence-electron chi connectivity index (χ1n) is 7.21. The number of methoxy groups -OCH3 is 1. The van der Waals surface area contributed by atoms with Crippen molar-refractivity contribution in [2.45, 2.75) is 32.4 Å². The van der Waals surface area contributed by atoms with Crippen molar-refractivity contribution < 1.29 is 14.8 Å². The second-order valence-electron chi connectivity index (χ2n) is 5.67. The van der Waals surface area contributed by atoms with Gasteiger partial charge in [0.1, 0.15) is 0 Å². The van der Waals surface area contributed by atoms with Crippen LogP contribution in [0, 0.1) is 16.0 Å². The molecule has 0 amide bonds. The van der Waals surface area contributed by atoms with Gasteiger partial charge < -0.3 is 9.84 Å². The van der Waals surface area contributed by atoms with E-state index in [1.807, 2.05) is 0 Å². The molecule has 0 radical (unpaired) electrons. The summed E-state index contributed by atoms with van der Waals surface area (Å²) in [6, 6.07) is 5.45. The van der Waals surface area contributed by atoms with E-state index in [-0.39, 0.29) is 12.3 Å². The fourth-order valence-corrected chi connectivity index (χ4v) is 2.84. The SMILES string of the molecule is COc1cc(CN2CC(CO)CCC2C)ccc1[N+](=O)[O-]. The van der Waals surface area contributed by atoms with Crippen molar-refractivity contribution in [3.63, 3.8) is 0 Å². The minimum Gasteiger partial charge on any atom is -0.490 e. The molecule has 116 valence electrons. The molecule has 0 aromatic heterocycles. The Labute approximate surface area is 124 Å². The van der Waals surface area contributed by atoms with E-state index >= 15 is 0 Å². The molecule has 0 aliphatic carbocycles. The van der Waals surface area contributed by atoms with Gasteiger partial charge in [-0.2, -0.15) is 0 Å². The molecular weight excluding hydrogens is 272 g/mol. The molecule has 1 aliphatic rings. The molecule has 0 spiro atoms. The van der Waals surface area contributed by atoms with E-state index in [2.05, 4.69) is 11.8 Å².